The van der Waals surface area contributed by atoms with E-state index in [9.17, 15) is 0 Å². The van der Waals surface area contributed by atoms with Crippen LogP contribution in [0.5, 0.6) is 11.6 Å². The van der Waals surface area contributed by atoms with Crippen LogP contribution in [0.1, 0.15) is 68.3 Å². The first kappa shape index (κ1) is 25.5. The highest BCUT2D eigenvalue weighted by molar-refractivity contribution is 5.96. The number of hydrogen-bond acceptors (Lipinski definition) is 5. The second kappa shape index (κ2) is 13.6. The normalized spacial score (nSPS) is 11.9. The number of ether oxygens (including phenoxy) is 2. The van der Waals surface area contributed by atoms with Crippen LogP contribution in [-0.4, -0.2) is 35.8 Å². The van der Waals surface area contributed by atoms with Crippen molar-refractivity contribution in [2.24, 2.45) is 12.2 Å². The van der Waals surface area contributed by atoms with Gasteiger partial charge in [-0.15, -0.1) is 0 Å². The highest BCUT2D eigenvalue weighted by Crippen LogP contribution is 2.24. The van der Waals surface area contributed by atoms with Crippen LogP contribution in [-0.2, 0) is 18.3 Å². The lowest BCUT2D eigenvalue weighted by Crippen LogP contribution is -2.03. The summed E-state index contributed by atoms with van der Waals surface area (Å²) < 4.78 is 13.4. The van der Waals surface area contributed by atoms with Crippen LogP contribution in [0.3, 0.4) is 0 Å². The third-order valence-corrected chi connectivity index (χ3v) is 5.51. The number of benzene rings is 1. The van der Waals surface area contributed by atoms with E-state index in [0.29, 0.717) is 13.2 Å². The maximum atomic E-state index is 5.89. The van der Waals surface area contributed by atoms with Gasteiger partial charge in [-0.1, -0.05) is 36.6 Å². The van der Waals surface area contributed by atoms with Gasteiger partial charge in [-0.05, 0) is 75.8 Å². The van der Waals surface area contributed by atoms with Crippen molar-refractivity contribution in [2.45, 2.75) is 66.2 Å². The van der Waals surface area contributed by atoms with E-state index in [4.69, 9.17) is 14.3 Å². The van der Waals surface area contributed by atoms with E-state index in [-0.39, 0.29) is 0 Å². The van der Waals surface area contributed by atoms with E-state index in [0.717, 1.165) is 35.9 Å². The molecular weight excluding hydrogens is 402 g/mol. The Morgan fingerprint density at radius 1 is 1.03 bits per heavy atom. The van der Waals surface area contributed by atoms with E-state index >= 15 is 0 Å². The Balaban J connectivity index is 1.65. The number of aromatic nitrogens is 2. The monoisotopic (exact) mass is 441 g/mol. The predicted octanol–water partition coefficient (Wildman–Crippen LogP) is 5.93. The molecule has 1 aromatic heterocycles. The van der Waals surface area contributed by atoms with Crippen molar-refractivity contribution in [1.29, 1.82) is 0 Å². The van der Waals surface area contributed by atoms with Gasteiger partial charge in [-0.3, -0.25) is 0 Å². The molecule has 2 rings (SSSR count). The first-order chi connectivity index (χ1) is 15.5. The SMILES string of the molecule is C/C=C/COc1cc(C)c(CCCCCCCOc2cc(C(C)=NOC)nn2C)c(C)c1. The molecule has 0 atom stereocenters. The molecule has 2 aromatic rings. The molecule has 1 aromatic carbocycles. The number of rotatable bonds is 14. The molecule has 0 unspecified atom stereocenters. The molecule has 0 amide bonds. The Morgan fingerprint density at radius 3 is 2.41 bits per heavy atom. The first-order valence-corrected chi connectivity index (χ1v) is 11.5. The molecule has 0 aliphatic carbocycles. The fourth-order valence-corrected chi connectivity index (χ4v) is 3.73. The lowest BCUT2D eigenvalue weighted by Gasteiger charge is -2.13. The smallest absolute Gasteiger partial charge is 0.212 e. The Bertz CT molecular complexity index is 877. The van der Waals surface area contributed by atoms with Gasteiger partial charge in [0.25, 0.3) is 0 Å². The van der Waals surface area contributed by atoms with Crippen molar-refractivity contribution >= 4 is 5.71 Å². The van der Waals surface area contributed by atoms with Gasteiger partial charge < -0.3 is 14.3 Å². The Morgan fingerprint density at radius 2 is 1.72 bits per heavy atom. The van der Waals surface area contributed by atoms with Gasteiger partial charge in [0, 0.05) is 13.1 Å². The van der Waals surface area contributed by atoms with Crippen molar-refractivity contribution in [3.8, 4) is 11.6 Å². The van der Waals surface area contributed by atoms with Crippen LogP contribution in [0, 0.1) is 13.8 Å². The van der Waals surface area contributed by atoms with Gasteiger partial charge in [-0.2, -0.15) is 5.10 Å². The second-order valence-corrected chi connectivity index (χ2v) is 8.13. The molecule has 1 heterocycles. The van der Waals surface area contributed by atoms with Crippen LogP contribution < -0.4 is 9.47 Å². The van der Waals surface area contributed by atoms with E-state index in [1.807, 2.05) is 39.1 Å². The molecule has 0 aliphatic rings. The van der Waals surface area contributed by atoms with Gasteiger partial charge in [0.15, 0.2) is 0 Å². The minimum atomic E-state index is 0.627. The van der Waals surface area contributed by atoms with Gasteiger partial charge in [0.1, 0.15) is 30.9 Å². The summed E-state index contributed by atoms with van der Waals surface area (Å²) in [7, 11) is 3.41. The molecule has 0 saturated carbocycles. The minimum Gasteiger partial charge on any atom is -0.490 e. The number of unbranched alkanes of at least 4 members (excludes halogenated alkanes) is 4. The molecule has 0 N–H and O–H groups in total. The Labute approximate surface area is 193 Å². The lowest BCUT2D eigenvalue weighted by atomic mass is 9.96. The summed E-state index contributed by atoms with van der Waals surface area (Å²) in [5.74, 6) is 1.72. The molecule has 6 heteroatoms. The van der Waals surface area contributed by atoms with Crippen LogP contribution in [0.2, 0.25) is 0 Å². The molecule has 0 bridgehead atoms. The number of hydrogen-bond donors (Lipinski definition) is 0. The van der Waals surface area contributed by atoms with E-state index in [1.165, 1.54) is 49.5 Å². The number of oxime groups is 1. The van der Waals surface area contributed by atoms with Crippen molar-refractivity contribution in [3.63, 3.8) is 0 Å². The highest BCUT2D eigenvalue weighted by atomic mass is 16.6. The lowest BCUT2D eigenvalue weighted by molar-refractivity contribution is 0.213. The third kappa shape index (κ3) is 8.06. The zero-order valence-electron chi connectivity index (χ0n) is 20.6. The molecule has 6 nitrogen and oxygen atoms in total. The highest BCUT2D eigenvalue weighted by Gasteiger charge is 2.09. The van der Waals surface area contributed by atoms with Crippen molar-refractivity contribution < 1.29 is 14.3 Å². The van der Waals surface area contributed by atoms with Crippen LogP contribution >= 0.6 is 0 Å². The molecular formula is C26H39N3O3. The number of aryl methyl sites for hydroxylation is 3. The predicted molar refractivity (Wildman–Crippen MR) is 131 cm³/mol. The number of nitrogens with zero attached hydrogens (tertiary/aromatic N) is 3. The fourth-order valence-electron chi connectivity index (χ4n) is 3.73. The zero-order chi connectivity index (χ0) is 23.3. The molecule has 0 fully saturated rings. The quantitative estimate of drug-likeness (QED) is 0.158. The summed E-state index contributed by atoms with van der Waals surface area (Å²) in [4.78, 5) is 4.81. The summed E-state index contributed by atoms with van der Waals surface area (Å²) in [6.45, 7) is 9.58. The average molecular weight is 442 g/mol. The molecule has 0 radical (unpaired) electrons. The van der Waals surface area contributed by atoms with Crippen molar-refractivity contribution in [1.82, 2.24) is 9.78 Å². The molecule has 32 heavy (non-hydrogen) atoms. The summed E-state index contributed by atoms with van der Waals surface area (Å²) >= 11 is 0. The molecule has 0 aliphatic heterocycles. The molecule has 0 spiro atoms. The van der Waals surface area contributed by atoms with Gasteiger partial charge in [0.05, 0.1) is 6.61 Å². The van der Waals surface area contributed by atoms with Gasteiger partial charge in [0.2, 0.25) is 5.88 Å². The maximum Gasteiger partial charge on any atom is 0.212 e. The van der Waals surface area contributed by atoms with Crippen LogP contribution in [0.4, 0.5) is 0 Å². The second-order valence-electron chi connectivity index (χ2n) is 8.13. The van der Waals surface area contributed by atoms with Crippen LogP contribution in [0.25, 0.3) is 0 Å². The molecule has 176 valence electrons. The largest absolute Gasteiger partial charge is 0.490 e. The van der Waals surface area contributed by atoms with Crippen LogP contribution in [0.15, 0.2) is 35.5 Å². The van der Waals surface area contributed by atoms with E-state index in [1.54, 1.807) is 4.68 Å². The maximum absolute atomic E-state index is 5.89. The van der Waals surface area contributed by atoms with Gasteiger partial charge in [-0.25, -0.2) is 4.68 Å². The average Bonchev–Trinajstić information content (AvgIpc) is 3.12. The van der Waals surface area contributed by atoms with E-state index < -0.39 is 0 Å². The van der Waals surface area contributed by atoms with Crippen molar-refractivity contribution in [3.05, 3.63) is 52.7 Å². The summed E-state index contributed by atoms with van der Waals surface area (Å²) in [6, 6.07) is 6.23. The minimum absolute atomic E-state index is 0.627. The summed E-state index contributed by atoms with van der Waals surface area (Å²) in [5.41, 5.74) is 5.63. The fraction of sp³-hybridized carbons (Fsp3) is 0.538. The summed E-state index contributed by atoms with van der Waals surface area (Å²) in [5, 5.41) is 8.32. The van der Waals surface area contributed by atoms with Crippen molar-refractivity contribution in [2.75, 3.05) is 20.3 Å². The Kier molecular flexibility index (Phi) is 10.8. The number of allylic oxidation sites excluding steroid dienone is 1. The van der Waals surface area contributed by atoms with E-state index in [2.05, 4.69) is 36.2 Å². The third-order valence-electron chi connectivity index (χ3n) is 5.51. The van der Waals surface area contributed by atoms with Gasteiger partial charge >= 0.3 is 0 Å². The zero-order valence-corrected chi connectivity index (χ0v) is 20.6. The summed E-state index contributed by atoms with van der Waals surface area (Å²) in [6.07, 6.45) is 11.1. The standard InChI is InChI=1S/C26H39N3O3/c1-7-8-15-31-23-17-20(2)24(21(3)18-23)14-12-10-9-11-13-16-32-26-19-25(27-29(26)5)22(4)28-30-6/h7-8,17-19H,9-16H2,1-6H3/b8-7+,28-22?. The molecule has 0 saturated heterocycles. The Hall–Kier alpha value is -2.76. The first-order valence-electron chi connectivity index (χ1n) is 11.5. The topological polar surface area (TPSA) is 57.9 Å².